The number of aliphatic carboxylic acids is 1. The lowest BCUT2D eigenvalue weighted by molar-refractivity contribution is -0.297. The zero-order chi connectivity index (χ0) is 19.2. The van der Waals surface area contributed by atoms with Crippen LogP contribution in [0.25, 0.3) is 6.08 Å². The number of thioether (sulfide) groups is 1. The lowest BCUT2D eigenvalue weighted by atomic mass is 10.2. The fourth-order valence-electron chi connectivity index (χ4n) is 2.16. The quantitative estimate of drug-likeness (QED) is 0.498. The predicted octanol–water partition coefficient (Wildman–Crippen LogP) is 2.71. The van der Waals surface area contributed by atoms with Gasteiger partial charge in [-0.3, -0.25) is 5.10 Å². The number of ether oxygens (including phenoxy) is 1. The van der Waals surface area contributed by atoms with Crippen LogP contribution in [-0.2, 0) is 11.4 Å². The van der Waals surface area contributed by atoms with Crippen molar-refractivity contribution < 1.29 is 19.0 Å². The molecular formula is C19H15FN3O3S-. The highest BCUT2D eigenvalue weighted by molar-refractivity contribution is 8.04. The van der Waals surface area contributed by atoms with Crippen molar-refractivity contribution in [1.29, 1.82) is 0 Å². The second kappa shape index (κ2) is 8.50. The molecule has 0 aliphatic carbocycles. The van der Waals surface area contributed by atoms with E-state index in [1.165, 1.54) is 18.2 Å². The molecule has 1 heterocycles. The Bertz CT molecular complexity index is 953. The van der Waals surface area contributed by atoms with E-state index in [2.05, 4.69) is 15.2 Å². The van der Waals surface area contributed by atoms with Crippen LogP contribution in [-0.4, -0.2) is 21.2 Å². The Balaban J connectivity index is 1.66. The van der Waals surface area contributed by atoms with Crippen molar-refractivity contribution in [2.75, 3.05) is 0 Å². The largest absolute Gasteiger partial charge is 0.544 e. The fraction of sp³-hybridized carbons (Fsp3) is 0.105. The minimum absolute atomic E-state index is 0.00557. The smallest absolute Gasteiger partial charge is 0.213 e. The molecule has 0 saturated heterocycles. The molecule has 2 aromatic carbocycles. The summed E-state index contributed by atoms with van der Waals surface area (Å²) < 4.78 is 18.5. The highest BCUT2D eigenvalue weighted by Crippen LogP contribution is 2.25. The van der Waals surface area contributed by atoms with E-state index < -0.39 is 5.97 Å². The Morgan fingerprint density at radius 2 is 1.93 bits per heavy atom. The van der Waals surface area contributed by atoms with E-state index in [0.717, 1.165) is 17.3 Å². The van der Waals surface area contributed by atoms with Gasteiger partial charge in [-0.25, -0.2) is 9.37 Å². The number of carboxylic acid groups (broad SMARTS) is 1. The molecule has 0 spiro atoms. The predicted molar refractivity (Wildman–Crippen MR) is 97.1 cm³/mol. The van der Waals surface area contributed by atoms with E-state index in [-0.39, 0.29) is 10.7 Å². The molecule has 1 aromatic heterocycles. The second-order valence-corrected chi connectivity index (χ2v) is 6.59. The molecule has 3 aromatic rings. The number of aromatic amines is 1. The first-order chi connectivity index (χ1) is 13.0. The lowest BCUT2D eigenvalue weighted by Gasteiger charge is -2.08. The third-order valence-electron chi connectivity index (χ3n) is 3.48. The van der Waals surface area contributed by atoms with Crippen LogP contribution < -0.4 is 9.84 Å². The number of halogens is 1. The zero-order valence-electron chi connectivity index (χ0n) is 14.3. The van der Waals surface area contributed by atoms with Crippen LogP contribution in [0, 0.1) is 12.7 Å². The fourth-order valence-corrected chi connectivity index (χ4v) is 2.90. The van der Waals surface area contributed by atoms with Crippen molar-refractivity contribution in [2.45, 2.75) is 18.7 Å². The van der Waals surface area contributed by atoms with E-state index in [1.54, 1.807) is 43.3 Å². The third-order valence-corrected chi connectivity index (χ3v) is 4.35. The minimum Gasteiger partial charge on any atom is -0.544 e. The van der Waals surface area contributed by atoms with Gasteiger partial charge in [-0.2, -0.15) is 0 Å². The van der Waals surface area contributed by atoms with Gasteiger partial charge in [0.05, 0.1) is 5.97 Å². The summed E-state index contributed by atoms with van der Waals surface area (Å²) in [5.41, 5.74) is 1.51. The van der Waals surface area contributed by atoms with E-state index in [9.17, 15) is 14.3 Å². The van der Waals surface area contributed by atoms with Crippen LogP contribution in [0.1, 0.15) is 17.0 Å². The number of nitrogens with one attached hydrogen (secondary N) is 1. The topological polar surface area (TPSA) is 90.9 Å². The van der Waals surface area contributed by atoms with Gasteiger partial charge < -0.3 is 14.6 Å². The monoisotopic (exact) mass is 384 g/mol. The van der Waals surface area contributed by atoms with Gasteiger partial charge in [-0.1, -0.05) is 24.3 Å². The molecule has 0 saturated carbocycles. The van der Waals surface area contributed by atoms with E-state index >= 15 is 0 Å². The number of benzene rings is 2. The molecule has 0 amide bonds. The number of hydrogen-bond acceptors (Lipinski definition) is 6. The summed E-state index contributed by atoms with van der Waals surface area (Å²) in [4.78, 5) is 15.4. The Kier molecular flexibility index (Phi) is 5.87. The van der Waals surface area contributed by atoms with Crippen LogP contribution in [0.5, 0.6) is 5.75 Å². The van der Waals surface area contributed by atoms with Gasteiger partial charge in [0.2, 0.25) is 5.16 Å². The Hall–Kier alpha value is -3.13. The molecule has 0 atom stereocenters. The Morgan fingerprint density at radius 1 is 1.22 bits per heavy atom. The first-order valence-electron chi connectivity index (χ1n) is 7.97. The summed E-state index contributed by atoms with van der Waals surface area (Å²) in [6.45, 7) is 2.03. The average molecular weight is 384 g/mol. The summed E-state index contributed by atoms with van der Waals surface area (Å²) in [6.07, 6.45) is 1.48. The molecule has 0 radical (unpaired) electrons. The number of rotatable bonds is 7. The maximum atomic E-state index is 12.9. The molecule has 0 aliphatic heterocycles. The Labute approximate surface area is 159 Å². The molecule has 3 rings (SSSR count). The molecule has 0 fully saturated rings. The standard InChI is InChI=1S/C19H16FN3O3S/c1-12-21-19(23-22-12)27-17(18(24)25)10-13-4-8-16(9-5-13)26-11-14-2-6-15(20)7-3-14/h2-10H,11H2,1H3,(H,24,25)(H,21,22,23)/p-1/b17-10-. The molecular weight excluding hydrogens is 369 g/mol. The van der Waals surface area contributed by atoms with Gasteiger partial charge in [0.25, 0.3) is 0 Å². The zero-order valence-corrected chi connectivity index (χ0v) is 15.1. The van der Waals surface area contributed by atoms with Crippen molar-refractivity contribution in [3.05, 3.63) is 76.2 Å². The summed E-state index contributed by atoms with van der Waals surface area (Å²) in [6, 6.07) is 13.0. The number of carbonyl (C=O) groups is 1. The molecule has 138 valence electrons. The summed E-state index contributed by atoms with van der Waals surface area (Å²) in [5, 5.41) is 18.2. The molecule has 27 heavy (non-hydrogen) atoms. The number of carboxylic acids is 1. The highest BCUT2D eigenvalue weighted by Gasteiger charge is 2.07. The molecule has 1 N–H and O–H groups in total. The van der Waals surface area contributed by atoms with Gasteiger partial charge >= 0.3 is 0 Å². The SMILES string of the molecule is Cc1nc(S/C(=C\c2ccc(OCc3ccc(F)cc3)cc2)C(=O)[O-])n[nH]1. The van der Waals surface area contributed by atoms with Crippen LogP contribution in [0.3, 0.4) is 0 Å². The van der Waals surface area contributed by atoms with E-state index in [1.807, 2.05) is 0 Å². The number of hydrogen-bond donors (Lipinski definition) is 1. The summed E-state index contributed by atoms with van der Waals surface area (Å²) in [7, 11) is 0. The van der Waals surface area contributed by atoms with Crippen LogP contribution in [0.15, 0.2) is 58.6 Å². The molecule has 0 bridgehead atoms. The van der Waals surface area contributed by atoms with E-state index in [4.69, 9.17) is 4.74 Å². The highest BCUT2D eigenvalue weighted by atomic mass is 32.2. The maximum absolute atomic E-state index is 12.9. The van der Waals surface area contributed by atoms with Crippen molar-refractivity contribution in [3.8, 4) is 5.75 Å². The van der Waals surface area contributed by atoms with E-state index in [0.29, 0.717) is 28.9 Å². The second-order valence-electron chi connectivity index (χ2n) is 5.59. The summed E-state index contributed by atoms with van der Waals surface area (Å²) >= 11 is 0.909. The van der Waals surface area contributed by atoms with Crippen molar-refractivity contribution in [3.63, 3.8) is 0 Å². The normalized spacial score (nSPS) is 11.4. The number of aryl methyl sites for hydroxylation is 1. The molecule has 0 unspecified atom stereocenters. The third kappa shape index (κ3) is 5.42. The average Bonchev–Trinajstić information content (AvgIpc) is 3.06. The summed E-state index contributed by atoms with van der Waals surface area (Å²) in [5.74, 6) is -0.391. The van der Waals surface area contributed by atoms with Gasteiger partial charge in [0.15, 0.2) is 0 Å². The van der Waals surface area contributed by atoms with Crippen LogP contribution in [0.2, 0.25) is 0 Å². The number of aromatic nitrogens is 3. The minimum atomic E-state index is -1.31. The number of H-pyrrole nitrogens is 1. The molecule has 0 aliphatic rings. The van der Waals surface area contributed by atoms with Crippen molar-refractivity contribution >= 4 is 23.8 Å². The Morgan fingerprint density at radius 3 is 2.52 bits per heavy atom. The van der Waals surface area contributed by atoms with Crippen molar-refractivity contribution in [1.82, 2.24) is 15.2 Å². The van der Waals surface area contributed by atoms with Crippen molar-refractivity contribution in [2.24, 2.45) is 0 Å². The number of carbonyl (C=O) groups excluding carboxylic acids is 1. The number of nitrogens with zero attached hydrogens (tertiary/aromatic N) is 2. The first kappa shape index (κ1) is 18.7. The van der Waals surface area contributed by atoms with Gasteiger partial charge in [-0.05, 0) is 60.2 Å². The molecule has 8 heteroatoms. The van der Waals surface area contributed by atoms with Gasteiger partial charge in [-0.15, -0.1) is 5.10 Å². The molecule has 6 nitrogen and oxygen atoms in total. The van der Waals surface area contributed by atoms with Gasteiger partial charge in [0.1, 0.15) is 24.0 Å². The first-order valence-corrected chi connectivity index (χ1v) is 8.78. The van der Waals surface area contributed by atoms with Gasteiger partial charge in [0, 0.05) is 4.91 Å². The van der Waals surface area contributed by atoms with Crippen LogP contribution in [0.4, 0.5) is 4.39 Å². The maximum Gasteiger partial charge on any atom is 0.213 e. The lowest BCUT2D eigenvalue weighted by Crippen LogP contribution is -2.23. The van der Waals surface area contributed by atoms with Crippen LogP contribution >= 0.6 is 11.8 Å².